The monoisotopic (exact) mass is 1310 g/mol. The third-order valence-corrected chi connectivity index (χ3v) is 13.5. The van der Waals surface area contributed by atoms with E-state index in [-0.39, 0.29) is 12.3 Å². The minimum absolute atomic E-state index is 0.0378. The van der Waals surface area contributed by atoms with Gasteiger partial charge in [-0.3, -0.25) is 4.79 Å². The van der Waals surface area contributed by atoms with E-state index in [1.807, 2.05) is 48.5 Å². The van der Waals surface area contributed by atoms with Crippen molar-refractivity contribution in [1.29, 1.82) is 0 Å². The van der Waals surface area contributed by atoms with E-state index in [2.05, 4.69) is 15.9 Å². The van der Waals surface area contributed by atoms with Crippen molar-refractivity contribution in [2.75, 3.05) is 0 Å². The van der Waals surface area contributed by atoms with Gasteiger partial charge >= 0.3 is 55.4 Å². The first kappa shape index (κ1) is 65.5. The van der Waals surface area contributed by atoms with E-state index in [0.717, 1.165) is 15.4 Å². The molecule has 0 saturated carbocycles. The minimum Gasteiger partial charge on any atom is -0.419 e. The Bertz CT molecular complexity index is 3390. The maximum atomic E-state index is 14.2. The van der Waals surface area contributed by atoms with Crippen LogP contribution < -0.4 is 31.2 Å². The number of pyridine rings is 1. The number of rotatable bonds is 9. The predicted molar refractivity (Wildman–Crippen MR) is 264 cm³/mol. The molecule has 0 aliphatic heterocycles. The molecule has 0 saturated heterocycles. The molecule has 8 rings (SSSR count). The highest BCUT2D eigenvalue weighted by molar-refractivity contribution is 9.10. The van der Waals surface area contributed by atoms with Crippen LogP contribution in [0, 0.1) is 0 Å². The van der Waals surface area contributed by atoms with Gasteiger partial charge in [-0.05, 0) is 60.7 Å². The van der Waals surface area contributed by atoms with Crippen LogP contribution in [0.4, 0.5) is 105 Å². The molecule has 0 atom stereocenters. The van der Waals surface area contributed by atoms with Crippen molar-refractivity contribution in [1.82, 2.24) is 0 Å². The Morgan fingerprint density at radius 2 is 0.674 bits per heavy atom. The first-order valence-corrected chi connectivity index (χ1v) is 24.5. The van der Waals surface area contributed by atoms with Crippen LogP contribution in [0.5, 0.6) is 5.75 Å². The Kier molecular flexibility index (Phi) is 17.8. The number of alkyl halides is 24. The van der Waals surface area contributed by atoms with E-state index in [1.165, 1.54) is 0 Å². The predicted octanol–water partition coefficient (Wildman–Crippen LogP) is 16.2. The molecule has 0 amide bonds. The van der Waals surface area contributed by atoms with Crippen LogP contribution in [0.1, 0.15) is 65.4 Å². The van der Waals surface area contributed by atoms with Crippen LogP contribution in [0.25, 0.3) is 10.9 Å². The Labute approximate surface area is 475 Å². The summed E-state index contributed by atoms with van der Waals surface area (Å²) in [4.78, 5) is 25.8. The van der Waals surface area contributed by atoms with Gasteiger partial charge in [-0.15, -0.1) is 0 Å². The zero-order valence-corrected chi connectivity index (χ0v) is 43.6. The van der Waals surface area contributed by atoms with E-state index in [0.29, 0.717) is 17.0 Å². The number of aromatic nitrogens is 1. The van der Waals surface area contributed by atoms with E-state index < -0.39 is 201 Å². The molecule has 1 aromatic heterocycles. The number of hydrogen-bond donors (Lipinski definition) is 0. The van der Waals surface area contributed by atoms with E-state index >= 15 is 0 Å². The maximum absolute atomic E-state index is 14.2. The van der Waals surface area contributed by atoms with Crippen molar-refractivity contribution in [3.05, 3.63) is 224 Å². The van der Waals surface area contributed by atoms with Crippen LogP contribution in [0.3, 0.4) is 0 Å². The quantitative estimate of drug-likeness (QED) is 0.0361. The zero-order chi connectivity index (χ0) is 64.1. The molecule has 0 unspecified atom stereocenters. The summed E-state index contributed by atoms with van der Waals surface area (Å²) >= 11 is 3.36. The summed E-state index contributed by atoms with van der Waals surface area (Å²) in [6.07, 6.45) is -54.8. The van der Waals surface area contributed by atoms with Gasteiger partial charge in [-0.1, -0.05) is 107 Å². The van der Waals surface area contributed by atoms with Gasteiger partial charge in [0.15, 0.2) is 0 Å². The molecule has 0 N–H and O–H groups in total. The Morgan fingerprint density at radius 3 is 0.988 bits per heavy atom. The fraction of sp³-hybridized carbons (Fsp3) is 0.161. The Morgan fingerprint density at radius 1 is 0.372 bits per heavy atom. The van der Waals surface area contributed by atoms with Crippen molar-refractivity contribution in [3.63, 3.8) is 0 Å². The van der Waals surface area contributed by atoms with E-state index in [1.54, 1.807) is 47.0 Å². The minimum atomic E-state index is -6.13. The van der Waals surface area contributed by atoms with Gasteiger partial charge in [0.1, 0.15) is 11.9 Å². The highest BCUT2D eigenvalue weighted by Crippen LogP contribution is 2.42. The summed E-state index contributed by atoms with van der Waals surface area (Å²) in [7, 11) is 0. The Hall–Kier alpha value is -8.05. The molecule has 4 nitrogen and oxygen atoms in total. The van der Waals surface area contributed by atoms with Gasteiger partial charge in [-0.25, -0.2) is 4.79 Å². The maximum Gasteiger partial charge on any atom is 0.416 e. The van der Waals surface area contributed by atoms with Crippen LogP contribution in [-0.2, 0) is 56.0 Å². The first-order valence-electron chi connectivity index (χ1n) is 23.7. The summed E-state index contributed by atoms with van der Waals surface area (Å²) in [6, 6.07) is 18.5. The molecular formula is C56H29BBrF24NO3. The SMILES string of the molecule is FC(F)(F)c1cc([B-](c2cc(C(F)(F)F)cc(C(F)(F)F)c2)(c2cc(C(F)(F)F)cc(C(F)(F)F)c2)c2cc(C(F)(F)F)cc(C(F)(F)F)c2)cc(C(F)(F)F)c1.O=C(C[n+]1c(C(=O)Oc2ccc(Br)cc2)ccc2ccccc21)c1ccccc1. The van der Waals surface area contributed by atoms with E-state index in [4.69, 9.17) is 4.74 Å². The van der Waals surface area contributed by atoms with Crippen LogP contribution in [0.15, 0.2) is 168 Å². The Balaban J connectivity index is 0.000000302. The number of carbonyl (C=O) groups excluding carboxylic acids is 2. The number of carbonyl (C=O) groups is 2. The fourth-order valence-electron chi connectivity index (χ4n) is 9.20. The van der Waals surface area contributed by atoms with Crippen molar-refractivity contribution in [2.45, 2.75) is 56.0 Å². The number of hydrogen-bond acceptors (Lipinski definition) is 3. The summed E-state index contributed by atoms with van der Waals surface area (Å²) in [5.41, 5.74) is -28.5. The number of nitrogens with zero attached hydrogens (tertiary/aromatic N) is 1. The number of ketones is 1. The smallest absolute Gasteiger partial charge is 0.416 e. The largest absolute Gasteiger partial charge is 0.419 e. The standard InChI is InChI=1S/C32H12BF24.C24H17BrNO3/c34-25(35,36)13-1-14(26(37,38)39)6-21(5-13)33(22-7-15(27(40,41)42)2-16(8-22)28(43,44)45,23-9-17(29(46,47)48)3-18(10-23)30(49,50)51)24-11-19(31(52,53)54)4-20(12-24)32(55,56)57;25-19-11-13-20(14-12-19)29-24(28)22-15-10-17-6-4-5-9-21(17)26(22)16-23(27)18-7-2-1-3-8-18/h1-12H;1-15H,16H2/q-1;+1. The van der Waals surface area contributed by atoms with Gasteiger partial charge in [-0.2, -0.15) is 132 Å². The average Bonchev–Trinajstić information content (AvgIpc) is 0.757. The number of ether oxygens (including phenoxy) is 1. The first-order chi connectivity index (χ1) is 39.4. The molecule has 0 spiro atoms. The molecule has 454 valence electrons. The topological polar surface area (TPSA) is 47.2 Å². The lowest BCUT2D eigenvalue weighted by molar-refractivity contribution is -0.659. The lowest BCUT2D eigenvalue weighted by Gasteiger charge is -2.46. The normalized spacial score (nSPS) is 13.1. The van der Waals surface area contributed by atoms with Gasteiger partial charge in [0.2, 0.25) is 17.8 Å². The van der Waals surface area contributed by atoms with Crippen molar-refractivity contribution >= 4 is 66.6 Å². The lowest BCUT2D eigenvalue weighted by atomic mass is 9.12. The molecule has 7 aromatic carbocycles. The summed E-state index contributed by atoms with van der Waals surface area (Å²) in [5, 5.41) is 0.938. The molecule has 0 aliphatic rings. The van der Waals surface area contributed by atoms with Crippen LogP contribution in [-0.4, -0.2) is 17.9 Å². The number of benzene rings is 7. The number of esters is 1. The summed E-state index contributed by atoms with van der Waals surface area (Å²) < 4.78 is 349. The average molecular weight is 1310 g/mol. The zero-order valence-electron chi connectivity index (χ0n) is 42.0. The number of halogens is 25. The van der Waals surface area contributed by atoms with Gasteiger partial charge in [0.05, 0.1) is 44.5 Å². The van der Waals surface area contributed by atoms with Crippen LogP contribution in [0.2, 0.25) is 0 Å². The number of para-hydroxylation sites is 1. The lowest BCUT2D eigenvalue weighted by Crippen LogP contribution is -2.75. The molecule has 30 heteroatoms. The van der Waals surface area contributed by atoms with Crippen molar-refractivity contribution in [3.8, 4) is 5.75 Å². The molecule has 8 aromatic rings. The van der Waals surface area contributed by atoms with Crippen molar-refractivity contribution in [2.24, 2.45) is 0 Å². The second-order valence-corrected chi connectivity index (χ2v) is 19.6. The molecule has 0 radical (unpaired) electrons. The van der Waals surface area contributed by atoms with Gasteiger partial charge < -0.3 is 4.74 Å². The third-order valence-electron chi connectivity index (χ3n) is 13.0. The number of Topliss-reactive ketones (excluding diaryl/α,β-unsaturated/α-hetero) is 1. The highest BCUT2D eigenvalue weighted by Gasteiger charge is 2.47. The van der Waals surface area contributed by atoms with E-state index in [9.17, 15) is 115 Å². The van der Waals surface area contributed by atoms with Gasteiger partial charge in [0, 0.05) is 27.6 Å². The summed E-state index contributed by atoms with van der Waals surface area (Å²) in [5.74, 6) is -0.157. The van der Waals surface area contributed by atoms with Gasteiger partial charge in [0.25, 0.3) is 5.69 Å². The summed E-state index contributed by atoms with van der Waals surface area (Å²) in [6.45, 7) is 0.0378. The fourth-order valence-corrected chi connectivity index (χ4v) is 9.47. The molecular weight excluding hydrogens is 1280 g/mol. The molecule has 0 bridgehead atoms. The molecule has 0 aliphatic carbocycles. The van der Waals surface area contributed by atoms with Crippen molar-refractivity contribution < 1.29 is 124 Å². The van der Waals surface area contributed by atoms with Crippen LogP contribution >= 0.6 is 15.9 Å². The highest BCUT2D eigenvalue weighted by atomic mass is 79.9. The second kappa shape index (κ2) is 23.3. The molecule has 0 fully saturated rings. The number of fused-ring (bicyclic) bond motifs is 1. The second-order valence-electron chi connectivity index (χ2n) is 18.7. The third kappa shape index (κ3) is 14.8. The molecule has 1 heterocycles. The molecule has 86 heavy (non-hydrogen) atoms.